The van der Waals surface area contributed by atoms with E-state index in [0.717, 1.165) is 29.7 Å². The molecule has 0 saturated carbocycles. The molecule has 1 amide bonds. The highest BCUT2D eigenvalue weighted by Gasteiger charge is 2.19. The van der Waals surface area contributed by atoms with Gasteiger partial charge in [-0.25, -0.2) is 4.68 Å². The number of para-hydroxylation sites is 1. The fourth-order valence-electron chi connectivity index (χ4n) is 2.16. The summed E-state index contributed by atoms with van der Waals surface area (Å²) in [6, 6.07) is 6.12. The highest BCUT2D eigenvalue weighted by atomic mass is 32.2. The minimum absolute atomic E-state index is 0.0661. The predicted octanol–water partition coefficient (Wildman–Crippen LogP) is 2.24. The Kier molecular flexibility index (Phi) is 5.43. The maximum atomic E-state index is 12.5. The lowest BCUT2D eigenvalue weighted by Gasteiger charge is -2.16. The van der Waals surface area contributed by atoms with Crippen LogP contribution in [0.5, 0.6) is 0 Å². The lowest BCUT2D eigenvalue weighted by molar-refractivity contribution is -0.115. The largest absolute Gasteiger partial charge is 0.336 e. The zero-order valence-electron chi connectivity index (χ0n) is 13.0. The van der Waals surface area contributed by atoms with Gasteiger partial charge in [0.2, 0.25) is 11.1 Å². The number of nitrogen functional groups attached to an aromatic ring is 1. The Morgan fingerprint density at radius 3 is 2.50 bits per heavy atom. The van der Waals surface area contributed by atoms with E-state index in [2.05, 4.69) is 29.4 Å². The zero-order valence-corrected chi connectivity index (χ0v) is 13.9. The fraction of sp³-hybridized carbons (Fsp3) is 0.400. The smallest absolute Gasteiger partial charge is 0.237 e. The molecule has 22 heavy (non-hydrogen) atoms. The van der Waals surface area contributed by atoms with Gasteiger partial charge in [0.1, 0.15) is 6.33 Å². The van der Waals surface area contributed by atoms with E-state index in [1.165, 1.54) is 22.8 Å². The Hall–Kier alpha value is -2.02. The SMILES string of the molecule is CCc1cccc(CC)c1NC(=O)C(C)Sc1nncn1N. The molecule has 3 N–H and O–H groups in total. The van der Waals surface area contributed by atoms with Crippen LogP contribution in [-0.2, 0) is 17.6 Å². The molecule has 0 aliphatic carbocycles. The van der Waals surface area contributed by atoms with Crippen LogP contribution in [-0.4, -0.2) is 26.0 Å². The molecule has 6 nitrogen and oxygen atoms in total. The van der Waals surface area contributed by atoms with Crippen LogP contribution in [0.15, 0.2) is 29.7 Å². The highest BCUT2D eigenvalue weighted by Crippen LogP contribution is 2.25. The van der Waals surface area contributed by atoms with Crippen LogP contribution in [0.3, 0.4) is 0 Å². The van der Waals surface area contributed by atoms with Gasteiger partial charge in [0, 0.05) is 5.69 Å². The summed E-state index contributed by atoms with van der Waals surface area (Å²) < 4.78 is 1.31. The molecule has 0 fully saturated rings. The van der Waals surface area contributed by atoms with Crippen molar-refractivity contribution in [1.29, 1.82) is 0 Å². The van der Waals surface area contributed by atoms with Gasteiger partial charge < -0.3 is 11.2 Å². The first kappa shape index (κ1) is 16.4. The number of nitrogens with two attached hydrogens (primary N) is 1. The van der Waals surface area contributed by atoms with E-state index in [1.54, 1.807) is 0 Å². The van der Waals surface area contributed by atoms with Crippen molar-refractivity contribution in [2.24, 2.45) is 0 Å². The molecule has 1 heterocycles. The third-order valence-corrected chi connectivity index (χ3v) is 4.51. The third kappa shape index (κ3) is 3.59. The van der Waals surface area contributed by atoms with Crippen LogP contribution in [0.25, 0.3) is 0 Å². The number of carbonyl (C=O) groups is 1. The summed E-state index contributed by atoms with van der Waals surface area (Å²) in [5, 5.41) is 10.8. The first-order valence-corrected chi connectivity index (χ1v) is 8.18. The van der Waals surface area contributed by atoms with Crippen LogP contribution < -0.4 is 11.2 Å². The first-order chi connectivity index (χ1) is 10.6. The molecule has 1 aromatic carbocycles. The van der Waals surface area contributed by atoms with Gasteiger partial charge in [-0.1, -0.05) is 43.8 Å². The first-order valence-electron chi connectivity index (χ1n) is 7.30. The summed E-state index contributed by atoms with van der Waals surface area (Å²) in [5.41, 5.74) is 3.22. The summed E-state index contributed by atoms with van der Waals surface area (Å²) in [4.78, 5) is 12.5. The topological polar surface area (TPSA) is 85.8 Å². The number of nitrogens with zero attached hydrogens (tertiary/aromatic N) is 3. The lowest BCUT2D eigenvalue weighted by atomic mass is 10.0. The van der Waals surface area contributed by atoms with E-state index in [4.69, 9.17) is 5.84 Å². The van der Waals surface area contributed by atoms with Crippen molar-refractivity contribution in [2.45, 2.75) is 44.0 Å². The van der Waals surface area contributed by atoms with Gasteiger partial charge in [-0.3, -0.25) is 4.79 Å². The summed E-state index contributed by atoms with van der Waals surface area (Å²) >= 11 is 1.28. The van der Waals surface area contributed by atoms with Gasteiger partial charge in [0.25, 0.3) is 0 Å². The normalized spacial score (nSPS) is 12.1. The monoisotopic (exact) mass is 319 g/mol. The third-order valence-electron chi connectivity index (χ3n) is 3.44. The van der Waals surface area contributed by atoms with Crippen LogP contribution in [0.2, 0.25) is 0 Å². The molecular weight excluding hydrogens is 298 g/mol. The van der Waals surface area contributed by atoms with E-state index >= 15 is 0 Å². The summed E-state index contributed by atoms with van der Waals surface area (Å²) in [6.45, 7) is 5.99. The molecule has 0 aliphatic rings. The maximum absolute atomic E-state index is 12.5. The number of rotatable bonds is 6. The number of carbonyl (C=O) groups excluding carboxylic acids is 1. The van der Waals surface area contributed by atoms with E-state index in [1.807, 2.05) is 25.1 Å². The minimum Gasteiger partial charge on any atom is -0.336 e. The van der Waals surface area contributed by atoms with Gasteiger partial charge in [-0.05, 0) is 30.9 Å². The van der Waals surface area contributed by atoms with Crippen molar-refractivity contribution in [3.8, 4) is 0 Å². The molecule has 7 heteroatoms. The standard InChI is InChI=1S/C15H21N5OS/c1-4-11-7-6-8-12(5-2)13(11)18-14(21)10(3)22-15-19-17-9-20(15)16/h6-10H,4-5,16H2,1-3H3,(H,18,21). The number of thioether (sulfide) groups is 1. The molecule has 0 bridgehead atoms. The molecule has 1 atom stereocenters. The van der Waals surface area contributed by atoms with Crippen molar-refractivity contribution in [3.63, 3.8) is 0 Å². The average Bonchev–Trinajstić information content (AvgIpc) is 2.92. The molecule has 0 spiro atoms. The number of nitrogens with one attached hydrogen (secondary N) is 1. The van der Waals surface area contributed by atoms with Crippen molar-refractivity contribution >= 4 is 23.4 Å². The highest BCUT2D eigenvalue weighted by molar-refractivity contribution is 8.00. The second-order valence-electron chi connectivity index (χ2n) is 4.93. The fourth-order valence-corrected chi connectivity index (χ4v) is 2.90. The van der Waals surface area contributed by atoms with Crippen LogP contribution in [0.4, 0.5) is 5.69 Å². The number of amides is 1. The average molecular weight is 319 g/mol. The van der Waals surface area contributed by atoms with Gasteiger partial charge >= 0.3 is 0 Å². The minimum atomic E-state index is -0.318. The molecule has 0 aliphatic heterocycles. The Balaban J connectivity index is 2.13. The Morgan fingerprint density at radius 1 is 1.36 bits per heavy atom. The number of aromatic nitrogens is 3. The zero-order chi connectivity index (χ0) is 16.1. The predicted molar refractivity (Wildman–Crippen MR) is 89.3 cm³/mol. The number of benzene rings is 1. The van der Waals surface area contributed by atoms with E-state index < -0.39 is 0 Å². The lowest BCUT2D eigenvalue weighted by Crippen LogP contribution is -2.24. The van der Waals surface area contributed by atoms with Crippen LogP contribution in [0, 0.1) is 0 Å². The van der Waals surface area contributed by atoms with Gasteiger partial charge in [-0.2, -0.15) is 0 Å². The van der Waals surface area contributed by atoms with E-state index in [0.29, 0.717) is 5.16 Å². The van der Waals surface area contributed by atoms with Crippen molar-refractivity contribution in [2.75, 3.05) is 11.2 Å². The van der Waals surface area contributed by atoms with Crippen molar-refractivity contribution in [1.82, 2.24) is 14.9 Å². The summed E-state index contributed by atoms with van der Waals surface area (Å²) in [6.07, 6.45) is 3.17. The van der Waals surface area contributed by atoms with Gasteiger partial charge in [-0.15, -0.1) is 10.2 Å². The summed E-state index contributed by atoms with van der Waals surface area (Å²) in [7, 11) is 0. The number of hydrogen-bond acceptors (Lipinski definition) is 5. The Morgan fingerprint density at radius 2 is 2.00 bits per heavy atom. The molecular formula is C15H21N5OS. The van der Waals surface area contributed by atoms with Gasteiger partial charge in [0.15, 0.2) is 0 Å². The molecule has 0 radical (unpaired) electrons. The van der Waals surface area contributed by atoms with Gasteiger partial charge in [0.05, 0.1) is 5.25 Å². The molecule has 2 rings (SSSR count). The molecule has 1 unspecified atom stereocenters. The Bertz CT molecular complexity index is 633. The quantitative estimate of drug-likeness (QED) is 0.630. The molecule has 1 aromatic heterocycles. The molecule has 2 aromatic rings. The second-order valence-corrected chi connectivity index (χ2v) is 6.24. The number of anilines is 1. The molecule has 0 saturated heterocycles. The number of hydrogen-bond donors (Lipinski definition) is 2. The second kappa shape index (κ2) is 7.31. The van der Waals surface area contributed by atoms with Crippen LogP contribution in [0.1, 0.15) is 31.9 Å². The summed E-state index contributed by atoms with van der Waals surface area (Å²) in [5.74, 6) is 5.61. The Labute approximate surface area is 134 Å². The molecule has 118 valence electrons. The van der Waals surface area contributed by atoms with Crippen molar-refractivity contribution < 1.29 is 4.79 Å². The van der Waals surface area contributed by atoms with Crippen molar-refractivity contribution in [3.05, 3.63) is 35.7 Å². The van der Waals surface area contributed by atoms with Crippen LogP contribution >= 0.6 is 11.8 Å². The number of aryl methyl sites for hydroxylation is 2. The van der Waals surface area contributed by atoms with E-state index in [-0.39, 0.29) is 11.2 Å². The maximum Gasteiger partial charge on any atom is 0.237 e. The van der Waals surface area contributed by atoms with E-state index in [9.17, 15) is 4.79 Å².